The number of likely N-dealkylation sites (tertiary alicyclic amines) is 1. The third-order valence-corrected chi connectivity index (χ3v) is 8.00. The van der Waals surface area contributed by atoms with E-state index in [2.05, 4.69) is 29.2 Å². The van der Waals surface area contributed by atoms with E-state index in [9.17, 15) is 4.79 Å². The number of piperidine rings is 1. The van der Waals surface area contributed by atoms with E-state index in [0.717, 1.165) is 71.2 Å². The van der Waals surface area contributed by atoms with Gasteiger partial charge in [0.05, 0.1) is 17.8 Å². The van der Waals surface area contributed by atoms with Crippen LogP contribution in [0, 0.1) is 0 Å². The second-order valence-electron chi connectivity index (χ2n) is 10.1. The van der Waals surface area contributed by atoms with E-state index < -0.39 is 0 Å². The highest BCUT2D eigenvalue weighted by Crippen LogP contribution is 2.37. The Morgan fingerprint density at radius 1 is 0.872 bits per heavy atom. The van der Waals surface area contributed by atoms with E-state index in [1.165, 1.54) is 0 Å². The first-order chi connectivity index (χ1) is 19.0. The van der Waals surface area contributed by atoms with Gasteiger partial charge in [0.15, 0.2) is 0 Å². The van der Waals surface area contributed by atoms with Crippen molar-refractivity contribution in [3.8, 4) is 11.1 Å². The molecule has 39 heavy (non-hydrogen) atoms. The molecule has 0 saturated carbocycles. The summed E-state index contributed by atoms with van der Waals surface area (Å²) >= 11 is 12.6. The summed E-state index contributed by atoms with van der Waals surface area (Å²) in [4.78, 5) is 24.7. The number of imidazole rings is 1. The second kappa shape index (κ2) is 10.8. The highest BCUT2D eigenvalue weighted by atomic mass is 35.5. The van der Waals surface area contributed by atoms with Crippen molar-refractivity contribution in [2.45, 2.75) is 25.2 Å². The summed E-state index contributed by atoms with van der Waals surface area (Å²) in [5.41, 5.74) is 6.38. The van der Waals surface area contributed by atoms with E-state index in [-0.39, 0.29) is 11.8 Å². The molecule has 7 heteroatoms. The van der Waals surface area contributed by atoms with Gasteiger partial charge in [0, 0.05) is 47.5 Å². The van der Waals surface area contributed by atoms with Gasteiger partial charge in [-0.2, -0.15) is 0 Å². The topological polar surface area (TPSA) is 51.0 Å². The van der Waals surface area contributed by atoms with Crippen molar-refractivity contribution in [1.29, 1.82) is 0 Å². The molecule has 0 bridgehead atoms. The molecule has 1 amide bonds. The summed E-state index contributed by atoms with van der Waals surface area (Å²) in [6.07, 6.45) is 6.95. The molecule has 2 aromatic heterocycles. The molecule has 5 nitrogen and oxygen atoms in total. The lowest BCUT2D eigenvalue weighted by atomic mass is 9.87. The number of hydrogen-bond acceptors (Lipinski definition) is 3. The minimum absolute atomic E-state index is 0.0159. The average Bonchev–Trinajstić information content (AvgIpc) is 3.38. The fourth-order valence-corrected chi connectivity index (χ4v) is 5.84. The molecule has 196 valence electrons. The molecular weight excluding hydrogens is 527 g/mol. The smallest absolute Gasteiger partial charge is 0.272 e. The van der Waals surface area contributed by atoms with Crippen molar-refractivity contribution < 1.29 is 4.79 Å². The molecule has 0 aliphatic carbocycles. The van der Waals surface area contributed by atoms with E-state index in [1.54, 1.807) is 0 Å². The number of rotatable bonds is 5. The summed E-state index contributed by atoms with van der Waals surface area (Å²) in [6, 6.07) is 23.9. The summed E-state index contributed by atoms with van der Waals surface area (Å²) in [7, 11) is 2.00. The fourth-order valence-electron chi connectivity index (χ4n) is 5.52. The average molecular weight is 556 g/mol. The monoisotopic (exact) mass is 554 g/mol. The van der Waals surface area contributed by atoms with Crippen LogP contribution < -0.4 is 0 Å². The van der Waals surface area contributed by atoms with Crippen LogP contribution in [0.3, 0.4) is 0 Å². The zero-order valence-electron chi connectivity index (χ0n) is 21.6. The van der Waals surface area contributed by atoms with Crippen LogP contribution in [0.2, 0.25) is 10.0 Å². The Bertz CT molecular complexity index is 1660. The standard InChI is InChI=1S/C32H28Cl2N4O/c1-37-20-35-19-30(37)31(21-8-11-24(33)12-9-21)23-10-13-28-27(17-23)26(22-6-5-7-25(34)16-22)18-29(36-28)32(39)38-14-3-2-4-15-38/h5-13,16-20,31H,2-4,14-15H2,1H3. The predicted octanol–water partition coefficient (Wildman–Crippen LogP) is 7.75. The molecule has 6 rings (SSSR count). The van der Waals surface area contributed by atoms with Gasteiger partial charge < -0.3 is 9.47 Å². The number of halogens is 2. The summed E-state index contributed by atoms with van der Waals surface area (Å²) in [5, 5.41) is 2.30. The molecule has 3 heterocycles. The van der Waals surface area contributed by atoms with Crippen LogP contribution in [0.1, 0.15) is 52.5 Å². The molecule has 3 aromatic carbocycles. The molecule has 1 aliphatic rings. The van der Waals surface area contributed by atoms with E-state index >= 15 is 0 Å². The van der Waals surface area contributed by atoms with Crippen LogP contribution in [-0.2, 0) is 7.05 Å². The minimum Gasteiger partial charge on any atom is -0.337 e. The normalized spacial score (nSPS) is 14.5. The maximum Gasteiger partial charge on any atom is 0.272 e. The number of aryl methyl sites for hydroxylation is 1. The molecule has 1 fully saturated rings. The van der Waals surface area contributed by atoms with Crippen LogP contribution in [0.4, 0.5) is 0 Å². The molecule has 1 unspecified atom stereocenters. The summed E-state index contributed by atoms with van der Waals surface area (Å²) in [5.74, 6) is -0.0843. The lowest BCUT2D eigenvalue weighted by molar-refractivity contribution is 0.0719. The molecule has 1 atom stereocenters. The van der Waals surface area contributed by atoms with Crippen LogP contribution in [0.25, 0.3) is 22.0 Å². The predicted molar refractivity (Wildman–Crippen MR) is 158 cm³/mol. The molecule has 0 spiro atoms. The van der Waals surface area contributed by atoms with Gasteiger partial charge in [-0.3, -0.25) is 4.79 Å². The fraction of sp³-hybridized carbons (Fsp3) is 0.219. The number of hydrogen-bond donors (Lipinski definition) is 0. The highest BCUT2D eigenvalue weighted by molar-refractivity contribution is 6.31. The molecule has 0 N–H and O–H groups in total. The van der Waals surface area contributed by atoms with Gasteiger partial charge in [-0.25, -0.2) is 9.97 Å². The third kappa shape index (κ3) is 5.17. The minimum atomic E-state index is -0.0685. The van der Waals surface area contributed by atoms with Gasteiger partial charge in [0.2, 0.25) is 0 Å². The summed E-state index contributed by atoms with van der Waals surface area (Å²) < 4.78 is 2.04. The first kappa shape index (κ1) is 25.6. The van der Waals surface area contributed by atoms with Crippen molar-refractivity contribution in [2.24, 2.45) is 7.05 Å². The number of amides is 1. The van der Waals surface area contributed by atoms with Crippen molar-refractivity contribution in [2.75, 3.05) is 13.1 Å². The number of aromatic nitrogens is 3. The number of fused-ring (bicyclic) bond motifs is 1. The third-order valence-electron chi connectivity index (χ3n) is 7.52. The van der Waals surface area contributed by atoms with E-state index in [0.29, 0.717) is 15.7 Å². The van der Waals surface area contributed by atoms with Gasteiger partial charge >= 0.3 is 0 Å². The Morgan fingerprint density at radius 3 is 2.36 bits per heavy atom. The zero-order valence-corrected chi connectivity index (χ0v) is 23.2. The van der Waals surface area contributed by atoms with Gasteiger partial charge in [-0.1, -0.05) is 53.5 Å². The lowest BCUT2D eigenvalue weighted by Crippen LogP contribution is -2.36. The number of carbonyl (C=O) groups excluding carboxylic acids is 1. The number of carbonyl (C=O) groups is 1. The zero-order chi connectivity index (χ0) is 26.9. The highest BCUT2D eigenvalue weighted by Gasteiger charge is 2.24. The van der Waals surface area contributed by atoms with Gasteiger partial charge in [0.25, 0.3) is 5.91 Å². The van der Waals surface area contributed by atoms with Crippen LogP contribution in [0.5, 0.6) is 0 Å². The summed E-state index contributed by atoms with van der Waals surface area (Å²) in [6.45, 7) is 1.55. The quantitative estimate of drug-likeness (QED) is 0.223. The van der Waals surface area contributed by atoms with E-state index in [4.69, 9.17) is 28.2 Å². The van der Waals surface area contributed by atoms with Crippen molar-refractivity contribution in [3.63, 3.8) is 0 Å². The first-order valence-corrected chi connectivity index (χ1v) is 13.9. The van der Waals surface area contributed by atoms with Gasteiger partial charge in [-0.05, 0) is 84.0 Å². The molecule has 5 aromatic rings. The second-order valence-corrected chi connectivity index (χ2v) is 11.0. The molecule has 0 radical (unpaired) electrons. The Kier molecular flexibility index (Phi) is 7.11. The maximum absolute atomic E-state index is 13.5. The number of pyridine rings is 1. The molecular formula is C32H28Cl2N4O. The Balaban J connectivity index is 1.54. The lowest BCUT2D eigenvalue weighted by Gasteiger charge is -2.26. The first-order valence-electron chi connectivity index (χ1n) is 13.2. The largest absolute Gasteiger partial charge is 0.337 e. The van der Waals surface area contributed by atoms with Crippen LogP contribution in [-0.4, -0.2) is 38.4 Å². The maximum atomic E-state index is 13.5. The number of nitrogens with zero attached hydrogens (tertiary/aromatic N) is 4. The van der Waals surface area contributed by atoms with Crippen molar-refractivity contribution >= 4 is 40.0 Å². The SMILES string of the molecule is Cn1cncc1C(c1ccc(Cl)cc1)c1ccc2nc(C(=O)N3CCCCC3)cc(-c3cccc(Cl)c3)c2c1. The van der Waals surface area contributed by atoms with E-state index in [1.807, 2.05) is 77.6 Å². The van der Waals surface area contributed by atoms with Gasteiger partial charge in [0.1, 0.15) is 5.69 Å². The Labute approximate surface area is 238 Å². The Morgan fingerprint density at radius 2 is 1.64 bits per heavy atom. The molecule has 1 saturated heterocycles. The Hall–Kier alpha value is -3.67. The van der Waals surface area contributed by atoms with Crippen molar-refractivity contribution in [3.05, 3.63) is 118 Å². The van der Waals surface area contributed by atoms with Gasteiger partial charge in [-0.15, -0.1) is 0 Å². The van der Waals surface area contributed by atoms with Crippen molar-refractivity contribution in [1.82, 2.24) is 19.4 Å². The van der Waals surface area contributed by atoms with Crippen LogP contribution >= 0.6 is 23.2 Å². The number of benzene rings is 3. The molecule has 1 aliphatic heterocycles. The van der Waals surface area contributed by atoms with Crippen LogP contribution in [0.15, 0.2) is 85.3 Å².